The molecule has 1 aromatic heterocycles. The van der Waals surface area contributed by atoms with Crippen molar-refractivity contribution in [3.8, 4) is 5.75 Å². The number of hydrogen-bond donors (Lipinski definition) is 2. The predicted octanol–water partition coefficient (Wildman–Crippen LogP) is 4.16. The lowest BCUT2D eigenvalue weighted by Crippen LogP contribution is -2.45. The molecule has 2 aromatic carbocycles. The van der Waals surface area contributed by atoms with E-state index in [0.717, 1.165) is 35.8 Å². The van der Waals surface area contributed by atoms with Gasteiger partial charge in [0.05, 0.1) is 6.33 Å². The Morgan fingerprint density at radius 2 is 1.86 bits per heavy atom. The molecule has 2 heterocycles. The summed E-state index contributed by atoms with van der Waals surface area (Å²) >= 11 is 0. The number of aromatic nitrogens is 2. The van der Waals surface area contributed by atoms with Crippen LogP contribution in [0.5, 0.6) is 5.75 Å². The minimum absolute atomic E-state index is 0.0280. The van der Waals surface area contributed by atoms with Crippen molar-refractivity contribution < 1.29 is 13.2 Å². The minimum atomic E-state index is -3.68. The third-order valence-electron chi connectivity index (χ3n) is 7.49. The van der Waals surface area contributed by atoms with Gasteiger partial charge in [0.1, 0.15) is 12.4 Å². The van der Waals surface area contributed by atoms with Crippen LogP contribution >= 0.6 is 0 Å². The van der Waals surface area contributed by atoms with Crippen LogP contribution in [-0.2, 0) is 30.0 Å². The van der Waals surface area contributed by atoms with Crippen LogP contribution in [0.15, 0.2) is 66.1 Å². The molecule has 2 unspecified atom stereocenters. The Morgan fingerprint density at radius 1 is 1.06 bits per heavy atom. The maximum Gasteiger partial charge on any atom is 0.259 e. The molecular weight excluding hydrogens is 472 g/mol. The molecule has 2 atom stereocenters. The first-order valence-electron chi connectivity index (χ1n) is 13.0. The molecule has 7 nitrogen and oxygen atoms in total. The number of fused-ring (bicyclic) bond motifs is 1. The molecule has 0 radical (unpaired) electrons. The Balaban J connectivity index is 1.35. The van der Waals surface area contributed by atoms with Crippen molar-refractivity contribution in [1.82, 2.24) is 19.6 Å². The molecular formula is C28H36N4O3S. The third-order valence-corrected chi connectivity index (χ3v) is 8.78. The number of aryl methyl sites for hydroxylation is 1. The lowest BCUT2D eigenvalue weighted by molar-refractivity contribution is 0.201. The van der Waals surface area contributed by atoms with Crippen molar-refractivity contribution in [2.45, 2.75) is 62.1 Å². The van der Waals surface area contributed by atoms with E-state index < -0.39 is 10.0 Å². The summed E-state index contributed by atoms with van der Waals surface area (Å²) in [5.41, 5.74) is 3.34. The highest BCUT2D eigenvalue weighted by Crippen LogP contribution is 2.37. The van der Waals surface area contributed by atoms with E-state index in [1.54, 1.807) is 11.6 Å². The van der Waals surface area contributed by atoms with E-state index in [1.807, 2.05) is 18.2 Å². The lowest BCUT2D eigenvalue weighted by Gasteiger charge is -2.36. The van der Waals surface area contributed by atoms with Crippen molar-refractivity contribution in [1.29, 1.82) is 0 Å². The molecule has 1 fully saturated rings. The van der Waals surface area contributed by atoms with Gasteiger partial charge in [0.2, 0.25) is 0 Å². The summed E-state index contributed by atoms with van der Waals surface area (Å²) in [6, 6.07) is 16.8. The first-order valence-corrected chi connectivity index (χ1v) is 14.5. The van der Waals surface area contributed by atoms with Crippen molar-refractivity contribution in [3.05, 3.63) is 77.7 Å². The molecule has 8 heteroatoms. The highest BCUT2D eigenvalue weighted by Gasteiger charge is 2.32. The number of nitrogens with zero attached hydrogens (tertiary/aromatic N) is 2. The third kappa shape index (κ3) is 5.99. The van der Waals surface area contributed by atoms with Crippen LogP contribution in [-0.4, -0.2) is 37.2 Å². The maximum absolute atomic E-state index is 12.7. The van der Waals surface area contributed by atoms with Crippen LogP contribution in [0.3, 0.4) is 0 Å². The Kier molecular flexibility index (Phi) is 7.74. The summed E-state index contributed by atoms with van der Waals surface area (Å²) < 4.78 is 35.9. The number of ether oxygens (including phenoxy) is 1. The fourth-order valence-electron chi connectivity index (χ4n) is 5.45. The Bertz CT molecular complexity index is 1250. The Labute approximate surface area is 214 Å². The second-order valence-electron chi connectivity index (χ2n) is 10.2. The Morgan fingerprint density at radius 3 is 2.61 bits per heavy atom. The summed E-state index contributed by atoms with van der Waals surface area (Å²) in [4.78, 5) is 3.98. The minimum Gasteiger partial charge on any atom is -0.492 e. The molecule has 192 valence electrons. The standard InChI is InChI=1S/C28H36N4O3S/c1-32-18-28(30-20-32)36(33,34)31-17-23-12-13-27-25(15-23)24(14-21-8-4-2-5-9-21)26(19-35-27)29-16-22-10-6-3-7-11-22/h2,4-5,8-9,12-13,15,18,20,22,24,26,29,31H,3,6-7,10-11,14,16-17,19H2,1H3. The van der Waals surface area contributed by atoms with Crippen molar-refractivity contribution in [3.63, 3.8) is 0 Å². The first-order chi connectivity index (χ1) is 17.5. The SMILES string of the molecule is Cn1cnc(S(=O)(=O)NCc2ccc3c(c2)C(Cc2ccccc2)C(NCC2CCCCC2)CO3)c1. The summed E-state index contributed by atoms with van der Waals surface area (Å²) in [6.07, 6.45) is 10.5. The molecule has 0 bridgehead atoms. The number of imidazole rings is 1. The average molecular weight is 509 g/mol. The van der Waals surface area contributed by atoms with Gasteiger partial charge in [0, 0.05) is 31.7 Å². The van der Waals surface area contributed by atoms with Crippen LogP contribution < -0.4 is 14.8 Å². The number of hydrogen-bond acceptors (Lipinski definition) is 5. The van der Waals surface area contributed by atoms with E-state index >= 15 is 0 Å². The van der Waals surface area contributed by atoms with E-state index in [9.17, 15) is 8.42 Å². The number of rotatable bonds is 9. The molecule has 3 aromatic rings. The number of benzene rings is 2. The molecule has 5 rings (SSSR count). The smallest absolute Gasteiger partial charge is 0.259 e. The summed E-state index contributed by atoms with van der Waals surface area (Å²) in [5, 5.41) is 3.88. The van der Waals surface area contributed by atoms with Gasteiger partial charge in [0.15, 0.2) is 5.03 Å². The van der Waals surface area contributed by atoms with E-state index in [4.69, 9.17) is 4.74 Å². The van der Waals surface area contributed by atoms with E-state index in [1.165, 1.54) is 50.2 Å². The van der Waals surface area contributed by atoms with Crippen LogP contribution in [0.1, 0.15) is 54.7 Å². The molecule has 1 saturated carbocycles. The second kappa shape index (κ2) is 11.2. The molecule has 1 aliphatic heterocycles. The molecule has 0 amide bonds. The van der Waals surface area contributed by atoms with E-state index in [0.29, 0.717) is 6.61 Å². The summed E-state index contributed by atoms with van der Waals surface area (Å²) in [5.74, 6) is 1.87. The zero-order chi connectivity index (χ0) is 25.0. The van der Waals surface area contributed by atoms with Crippen molar-refractivity contribution in [2.24, 2.45) is 13.0 Å². The molecule has 2 N–H and O–H groups in total. The maximum atomic E-state index is 12.7. The fraction of sp³-hybridized carbons (Fsp3) is 0.464. The molecule has 0 saturated heterocycles. The van der Waals surface area contributed by atoms with Gasteiger partial charge in [-0.1, -0.05) is 61.7 Å². The normalized spacial score (nSPS) is 20.6. The molecule has 2 aliphatic rings. The van der Waals surface area contributed by atoms with Gasteiger partial charge >= 0.3 is 0 Å². The number of nitrogens with one attached hydrogen (secondary N) is 2. The van der Waals surface area contributed by atoms with E-state index in [2.05, 4.69) is 45.4 Å². The lowest BCUT2D eigenvalue weighted by atomic mass is 9.82. The summed E-state index contributed by atoms with van der Waals surface area (Å²) in [6.45, 7) is 1.87. The summed E-state index contributed by atoms with van der Waals surface area (Å²) in [7, 11) is -1.93. The van der Waals surface area contributed by atoms with Crippen LogP contribution in [0, 0.1) is 5.92 Å². The molecule has 0 spiro atoms. The zero-order valence-corrected chi connectivity index (χ0v) is 21.7. The largest absolute Gasteiger partial charge is 0.492 e. The van der Waals surface area contributed by atoms with Gasteiger partial charge in [-0.25, -0.2) is 18.1 Å². The second-order valence-corrected chi connectivity index (χ2v) is 11.9. The van der Waals surface area contributed by atoms with Gasteiger partial charge in [-0.3, -0.25) is 0 Å². The predicted molar refractivity (Wildman–Crippen MR) is 140 cm³/mol. The Hall–Kier alpha value is -2.68. The van der Waals surface area contributed by atoms with Gasteiger partial charge in [-0.05, 0) is 54.5 Å². The van der Waals surface area contributed by atoms with Gasteiger partial charge in [-0.15, -0.1) is 0 Å². The molecule has 36 heavy (non-hydrogen) atoms. The van der Waals surface area contributed by atoms with Crippen molar-refractivity contribution in [2.75, 3.05) is 13.2 Å². The molecule has 1 aliphatic carbocycles. The van der Waals surface area contributed by atoms with Gasteiger partial charge < -0.3 is 14.6 Å². The highest BCUT2D eigenvalue weighted by atomic mass is 32.2. The average Bonchev–Trinajstić information content (AvgIpc) is 3.35. The quantitative estimate of drug-likeness (QED) is 0.454. The zero-order valence-electron chi connectivity index (χ0n) is 20.9. The van der Waals surface area contributed by atoms with Crippen LogP contribution in [0.25, 0.3) is 0 Å². The van der Waals surface area contributed by atoms with E-state index in [-0.39, 0.29) is 23.5 Å². The highest BCUT2D eigenvalue weighted by molar-refractivity contribution is 7.89. The first kappa shape index (κ1) is 25.0. The fourth-order valence-corrected chi connectivity index (χ4v) is 6.45. The monoisotopic (exact) mass is 508 g/mol. The topological polar surface area (TPSA) is 85.2 Å². The van der Waals surface area contributed by atoms with Gasteiger partial charge in [-0.2, -0.15) is 0 Å². The van der Waals surface area contributed by atoms with Crippen molar-refractivity contribution >= 4 is 10.0 Å². The van der Waals surface area contributed by atoms with Crippen LogP contribution in [0.4, 0.5) is 0 Å². The van der Waals surface area contributed by atoms with Crippen LogP contribution in [0.2, 0.25) is 0 Å². The van der Waals surface area contributed by atoms with Gasteiger partial charge in [0.25, 0.3) is 10.0 Å². The number of sulfonamides is 1.